The summed E-state index contributed by atoms with van der Waals surface area (Å²) in [7, 11) is 0. The maximum Gasteiger partial charge on any atom is 0.185 e. The zero-order valence-corrected chi connectivity index (χ0v) is 22.0. The summed E-state index contributed by atoms with van der Waals surface area (Å²) < 4.78 is 13.0. The predicted octanol–water partition coefficient (Wildman–Crippen LogP) is 8.09. The van der Waals surface area contributed by atoms with Crippen molar-refractivity contribution in [2.45, 2.75) is 134 Å². The Morgan fingerprint density at radius 1 is 0.690 bits per heavy atom. The Bertz CT molecular complexity index is 529. The molecule has 2 rings (SSSR count). The highest BCUT2D eigenvalue weighted by Crippen LogP contribution is 2.56. The van der Waals surface area contributed by atoms with Crippen molar-refractivity contribution < 1.29 is 9.47 Å². The Kier molecular flexibility index (Phi) is 6.78. The van der Waals surface area contributed by atoms with Gasteiger partial charge in [0.1, 0.15) is 6.10 Å². The number of ether oxygens (including phenoxy) is 2. The van der Waals surface area contributed by atoms with Crippen molar-refractivity contribution in [2.75, 3.05) is 0 Å². The van der Waals surface area contributed by atoms with E-state index >= 15 is 0 Å². The molecular formula is C27H52O2. The topological polar surface area (TPSA) is 21.8 Å². The second-order valence-corrected chi connectivity index (χ2v) is 14.9. The van der Waals surface area contributed by atoms with E-state index in [1.54, 1.807) is 0 Å². The minimum absolute atomic E-state index is 0.0223. The molecule has 0 spiro atoms. The van der Waals surface area contributed by atoms with Gasteiger partial charge in [-0.25, -0.2) is 0 Å². The Morgan fingerprint density at radius 3 is 1.48 bits per heavy atom. The molecule has 2 heteroatoms. The molecule has 2 aliphatic rings. The smallest absolute Gasteiger partial charge is 0.185 e. The Labute approximate surface area is 182 Å². The summed E-state index contributed by atoms with van der Waals surface area (Å²) in [6.07, 6.45) is 5.34. The Balaban J connectivity index is 2.13. The van der Waals surface area contributed by atoms with Gasteiger partial charge in [0.05, 0.1) is 6.10 Å². The van der Waals surface area contributed by atoms with Crippen LogP contribution in [0.15, 0.2) is 0 Å². The quantitative estimate of drug-likeness (QED) is 0.438. The third kappa shape index (κ3) is 6.22. The molecule has 1 heterocycles. The van der Waals surface area contributed by atoms with Gasteiger partial charge in [0.15, 0.2) is 6.29 Å². The number of rotatable bonds is 4. The number of hydrogen-bond acceptors (Lipinski definition) is 2. The Hall–Kier alpha value is -0.0800. The highest BCUT2D eigenvalue weighted by Gasteiger charge is 2.59. The molecule has 1 aliphatic carbocycles. The summed E-state index contributed by atoms with van der Waals surface area (Å²) in [5.41, 5.74) is 1.23. The van der Waals surface area contributed by atoms with Gasteiger partial charge in [-0.2, -0.15) is 0 Å². The monoisotopic (exact) mass is 408 g/mol. The fraction of sp³-hybridized carbons (Fsp3) is 1.00. The summed E-state index contributed by atoms with van der Waals surface area (Å²) in [4.78, 5) is 0. The second-order valence-electron chi connectivity index (χ2n) is 14.9. The summed E-state index contributed by atoms with van der Waals surface area (Å²) >= 11 is 0. The third-order valence-corrected chi connectivity index (χ3v) is 8.13. The zero-order chi connectivity index (χ0) is 22.6. The minimum Gasteiger partial charge on any atom is -0.347 e. The van der Waals surface area contributed by atoms with E-state index in [1.165, 1.54) is 19.3 Å². The van der Waals surface area contributed by atoms with E-state index < -0.39 is 0 Å². The fourth-order valence-corrected chi connectivity index (χ4v) is 5.53. The van der Waals surface area contributed by atoms with Gasteiger partial charge in [-0.3, -0.25) is 0 Å². The zero-order valence-electron chi connectivity index (χ0n) is 22.0. The van der Waals surface area contributed by atoms with Crippen LogP contribution >= 0.6 is 0 Å². The van der Waals surface area contributed by atoms with Crippen LogP contribution < -0.4 is 0 Å². The maximum atomic E-state index is 6.70. The van der Waals surface area contributed by atoms with Gasteiger partial charge in [0.25, 0.3) is 0 Å². The molecule has 1 saturated heterocycles. The van der Waals surface area contributed by atoms with E-state index in [4.69, 9.17) is 9.47 Å². The lowest BCUT2D eigenvalue weighted by molar-refractivity contribution is -0.0791. The van der Waals surface area contributed by atoms with Crippen LogP contribution in [-0.4, -0.2) is 18.5 Å². The van der Waals surface area contributed by atoms with E-state index in [9.17, 15) is 0 Å². The molecule has 172 valence electrons. The van der Waals surface area contributed by atoms with Gasteiger partial charge in [0.2, 0.25) is 0 Å². The highest BCUT2D eigenvalue weighted by atomic mass is 16.8. The van der Waals surface area contributed by atoms with Crippen LogP contribution in [0.2, 0.25) is 0 Å². The molecule has 2 fully saturated rings. The number of hydrogen-bond donors (Lipinski definition) is 0. The molecule has 0 bridgehead atoms. The first-order chi connectivity index (χ1) is 12.7. The second kappa shape index (κ2) is 7.80. The lowest BCUT2D eigenvalue weighted by Crippen LogP contribution is -2.43. The van der Waals surface area contributed by atoms with E-state index in [0.29, 0.717) is 28.8 Å². The summed E-state index contributed by atoms with van der Waals surface area (Å²) in [6.45, 7) is 30.9. The van der Waals surface area contributed by atoms with Crippen LogP contribution in [0.4, 0.5) is 0 Å². The van der Waals surface area contributed by atoms with Gasteiger partial charge in [-0.1, -0.05) is 90.0 Å². The molecule has 0 N–H and O–H groups in total. The first kappa shape index (κ1) is 25.2. The maximum absolute atomic E-state index is 6.70. The molecule has 0 aromatic rings. The van der Waals surface area contributed by atoms with Crippen molar-refractivity contribution in [1.29, 1.82) is 0 Å². The van der Waals surface area contributed by atoms with Gasteiger partial charge < -0.3 is 9.47 Å². The van der Waals surface area contributed by atoms with E-state index in [1.807, 2.05) is 0 Å². The fourth-order valence-electron chi connectivity index (χ4n) is 5.53. The van der Waals surface area contributed by atoms with E-state index in [-0.39, 0.29) is 28.6 Å². The molecule has 1 saturated carbocycles. The van der Waals surface area contributed by atoms with Crippen LogP contribution in [0, 0.1) is 38.9 Å². The van der Waals surface area contributed by atoms with Crippen LogP contribution in [0.3, 0.4) is 0 Å². The largest absolute Gasteiger partial charge is 0.347 e. The van der Waals surface area contributed by atoms with Crippen molar-refractivity contribution in [3.05, 3.63) is 0 Å². The van der Waals surface area contributed by atoms with E-state index in [0.717, 1.165) is 6.42 Å². The SMILES string of the molecule is CC(C)(C)CC(C)(C1OC1OC1CC(C(C)(C)C)CC(C(C)(C)C)C1)C(C)(C)C. The number of epoxide rings is 1. The molecule has 0 amide bonds. The molecule has 5 unspecified atom stereocenters. The summed E-state index contributed by atoms with van der Waals surface area (Å²) in [5, 5.41) is 0. The molecule has 0 aromatic heterocycles. The Morgan fingerprint density at radius 2 is 1.14 bits per heavy atom. The van der Waals surface area contributed by atoms with E-state index in [2.05, 4.69) is 90.0 Å². The van der Waals surface area contributed by atoms with Gasteiger partial charge in [-0.15, -0.1) is 0 Å². The average Bonchev–Trinajstić information content (AvgIpc) is 3.21. The summed E-state index contributed by atoms with van der Waals surface area (Å²) in [5.74, 6) is 1.43. The standard InChI is InChI=1S/C27H52O2/c1-23(2,3)17-27(13,26(10,11)12)21-22(29-21)28-20-15-18(24(4,5)6)14-19(16-20)25(7,8)9/h18-22H,14-17H2,1-13H3. The van der Waals surface area contributed by atoms with Gasteiger partial charge >= 0.3 is 0 Å². The molecule has 2 nitrogen and oxygen atoms in total. The molecule has 29 heavy (non-hydrogen) atoms. The highest BCUT2D eigenvalue weighted by molar-refractivity contribution is 5.03. The van der Waals surface area contributed by atoms with Crippen molar-refractivity contribution in [3.63, 3.8) is 0 Å². The normalized spacial score (nSPS) is 34.0. The lowest BCUT2D eigenvalue weighted by atomic mass is 9.59. The van der Waals surface area contributed by atoms with Gasteiger partial charge in [0, 0.05) is 5.41 Å². The molecule has 1 aliphatic heterocycles. The minimum atomic E-state index is -0.0223. The predicted molar refractivity (Wildman–Crippen MR) is 125 cm³/mol. The first-order valence-corrected chi connectivity index (χ1v) is 12.0. The van der Waals surface area contributed by atoms with Crippen LogP contribution in [0.25, 0.3) is 0 Å². The molecular weight excluding hydrogens is 356 g/mol. The average molecular weight is 409 g/mol. The van der Waals surface area contributed by atoms with Crippen LogP contribution in [0.1, 0.15) is 116 Å². The van der Waals surface area contributed by atoms with Crippen molar-refractivity contribution >= 4 is 0 Å². The lowest BCUT2D eigenvalue weighted by Gasteiger charge is -2.46. The third-order valence-electron chi connectivity index (χ3n) is 8.13. The van der Waals surface area contributed by atoms with Crippen molar-refractivity contribution in [1.82, 2.24) is 0 Å². The molecule has 0 radical (unpaired) electrons. The van der Waals surface area contributed by atoms with Crippen molar-refractivity contribution in [2.24, 2.45) is 38.9 Å². The van der Waals surface area contributed by atoms with Crippen LogP contribution in [0.5, 0.6) is 0 Å². The van der Waals surface area contributed by atoms with Crippen LogP contribution in [-0.2, 0) is 9.47 Å². The van der Waals surface area contributed by atoms with Gasteiger partial charge in [-0.05, 0) is 59.2 Å². The molecule has 5 atom stereocenters. The summed E-state index contributed by atoms with van der Waals surface area (Å²) in [6, 6.07) is 0. The first-order valence-electron chi connectivity index (χ1n) is 12.0. The van der Waals surface area contributed by atoms with Crippen molar-refractivity contribution in [3.8, 4) is 0 Å². The molecule has 0 aromatic carbocycles.